The highest BCUT2D eigenvalue weighted by Gasteiger charge is 2.42. The van der Waals surface area contributed by atoms with Gasteiger partial charge in [-0.3, -0.25) is 0 Å². The molecule has 1 saturated carbocycles. The highest BCUT2D eigenvalue weighted by Crippen LogP contribution is 2.39. The molecule has 1 atom stereocenters. The Balaban J connectivity index is 2.06. The van der Waals surface area contributed by atoms with Crippen LogP contribution in [0.3, 0.4) is 0 Å². The lowest BCUT2D eigenvalue weighted by molar-refractivity contribution is 0.159. The van der Waals surface area contributed by atoms with Gasteiger partial charge in [0.25, 0.3) is 0 Å². The van der Waals surface area contributed by atoms with Crippen molar-refractivity contribution in [2.24, 2.45) is 5.92 Å². The Morgan fingerprint density at radius 2 is 2.00 bits per heavy atom. The van der Waals surface area contributed by atoms with Crippen LogP contribution in [0.15, 0.2) is 12.1 Å². The van der Waals surface area contributed by atoms with Gasteiger partial charge in [-0.1, -0.05) is 0 Å². The predicted molar refractivity (Wildman–Crippen MR) is 73.3 cm³/mol. The number of carbonyl (C=O) groups excluding carboxylic acids is 1. The van der Waals surface area contributed by atoms with E-state index in [1.54, 1.807) is 6.92 Å². The molecule has 0 bridgehead atoms. The maximum Gasteiger partial charge on any atom is 0.319 e. The number of nitrogens with one attached hydrogen (secondary N) is 2. The van der Waals surface area contributed by atoms with Gasteiger partial charge in [-0.2, -0.15) is 0 Å². The predicted octanol–water partition coefficient (Wildman–Crippen LogP) is 2.26. The molecule has 7 heteroatoms. The van der Waals surface area contributed by atoms with Gasteiger partial charge >= 0.3 is 6.03 Å². The number of rotatable bonds is 5. The molecule has 2 rings (SSSR count). The van der Waals surface area contributed by atoms with Crippen molar-refractivity contribution in [3.8, 4) is 5.75 Å². The summed E-state index contributed by atoms with van der Waals surface area (Å²) in [5.41, 5.74) is -0.757. The van der Waals surface area contributed by atoms with E-state index in [1.807, 2.05) is 0 Å². The van der Waals surface area contributed by atoms with Gasteiger partial charge in [0.1, 0.15) is 0 Å². The van der Waals surface area contributed by atoms with Gasteiger partial charge in [0.2, 0.25) is 0 Å². The summed E-state index contributed by atoms with van der Waals surface area (Å²) in [5, 5.41) is 14.4. The van der Waals surface area contributed by atoms with Crippen LogP contribution < -0.4 is 15.4 Å². The first-order valence-electron chi connectivity index (χ1n) is 6.62. The SMILES string of the molecule is COc1c(F)cc(NC(=O)NC(C)(CO)C2CC2)cc1F. The van der Waals surface area contributed by atoms with Gasteiger partial charge in [0.15, 0.2) is 17.4 Å². The molecular formula is C14H18F2N2O3. The Hall–Kier alpha value is -1.89. The van der Waals surface area contributed by atoms with Crippen LogP contribution >= 0.6 is 0 Å². The molecule has 0 radical (unpaired) electrons. The van der Waals surface area contributed by atoms with E-state index in [-0.39, 0.29) is 18.2 Å². The standard InChI is InChI=1S/C14H18F2N2O3/c1-14(7-19,8-3-4-8)18-13(20)17-9-5-10(15)12(21-2)11(16)6-9/h5-6,8,19H,3-4,7H2,1-2H3,(H2,17,18,20). The third-order valence-electron chi connectivity index (χ3n) is 3.67. The summed E-state index contributed by atoms with van der Waals surface area (Å²) in [4.78, 5) is 11.9. The highest BCUT2D eigenvalue weighted by atomic mass is 19.1. The Morgan fingerprint density at radius 3 is 2.43 bits per heavy atom. The van der Waals surface area contributed by atoms with Crippen LogP contribution in [0.25, 0.3) is 0 Å². The number of amides is 2. The van der Waals surface area contributed by atoms with Crippen LogP contribution in [-0.2, 0) is 0 Å². The van der Waals surface area contributed by atoms with Crippen molar-refractivity contribution in [3.63, 3.8) is 0 Å². The van der Waals surface area contributed by atoms with Crippen LogP contribution in [0.4, 0.5) is 19.3 Å². The normalized spacial score (nSPS) is 17.0. The molecule has 0 saturated heterocycles. The Labute approximate surface area is 121 Å². The molecule has 1 aliphatic carbocycles. The number of ether oxygens (including phenoxy) is 1. The second-order valence-electron chi connectivity index (χ2n) is 5.40. The molecule has 0 spiro atoms. The third kappa shape index (κ3) is 3.41. The van der Waals surface area contributed by atoms with Crippen LogP contribution in [0.5, 0.6) is 5.75 Å². The average Bonchev–Trinajstić information content (AvgIpc) is 3.22. The van der Waals surface area contributed by atoms with E-state index in [4.69, 9.17) is 0 Å². The fourth-order valence-corrected chi connectivity index (χ4v) is 2.24. The van der Waals surface area contributed by atoms with Crippen molar-refractivity contribution in [2.45, 2.75) is 25.3 Å². The summed E-state index contributed by atoms with van der Waals surface area (Å²) in [6.07, 6.45) is 1.87. The molecule has 0 heterocycles. The first-order valence-corrected chi connectivity index (χ1v) is 6.62. The van der Waals surface area contributed by atoms with Crippen LogP contribution in [0, 0.1) is 17.6 Å². The molecule has 1 unspecified atom stereocenters. The number of aliphatic hydroxyl groups is 1. The maximum absolute atomic E-state index is 13.5. The Bertz CT molecular complexity index is 526. The quantitative estimate of drug-likeness (QED) is 0.781. The summed E-state index contributed by atoms with van der Waals surface area (Å²) < 4.78 is 31.6. The number of hydrogen-bond donors (Lipinski definition) is 3. The van der Waals surface area contributed by atoms with Crippen molar-refractivity contribution >= 4 is 11.7 Å². The molecule has 1 aromatic carbocycles. The number of anilines is 1. The number of hydrogen-bond acceptors (Lipinski definition) is 3. The molecule has 0 aliphatic heterocycles. The minimum Gasteiger partial charge on any atom is -0.491 e. The van der Waals surface area contributed by atoms with Crippen LogP contribution in [0.1, 0.15) is 19.8 Å². The van der Waals surface area contributed by atoms with E-state index in [0.717, 1.165) is 32.1 Å². The molecule has 116 valence electrons. The molecule has 5 nitrogen and oxygen atoms in total. The molecule has 3 N–H and O–H groups in total. The lowest BCUT2D eigenvalue weighted by atomic mass is 9.97. The molecule has 0 aromatic heterocycles. The zero-order valence-electron chi connectivity index (χ0n) is 11.9. The molecule has 2 amide bonds. The zero-order chi connectivity index (χ0) is 15.6. The Kier molecular flexibility index (Phi) is 4.32. The van der Waals surface area contributed by atoms with Crippen molar-refractivity contribution in [3.05, 3.63) is 23.8 Å². The van der Waals surface area contributed by atoms with Crippen molar-refractivity contribution in [2.75, 3.05) is 19.0 Å². The van der Waals surface area contributed by atoms with Crippen molar-refractivity contribution in [1.29, 1.82) is 0 Å². The zero-order valence-corrected chi connectivity index (χ0v) is 11.9. The number of methoxy groups -OCH3 is 1. The average molecular weight is 300 g/mol. The number of carbonyl (C=O) groups is 1. The number of halogens is 2. The summed E-state index contributed by atoms with van der Waals surface area (Å²) in [6, 6.07) is 1.31. The fraction of sp³-hybridized carbons (Fsp3) is 0.500. The monoisotopic (exact) mass is 300 g/mol. The summed E-state index contributed by atoms with van der Waals surface area (Å²) >= 11 is 0. The maximum atomic E-state index is 13.5. The second kappa shape index (κ2) is 5.85. The first-order chi connectivity index (χ1) is 9.89. The van der Waals surface area contributed by atoms with E-state index in [1.165, 1.54) is 0 Å². The minimum absolute atomic E-state index is 0.0283. The first kappa shape index (κ1) is 15.5. The molecule has 1 aliphatic rings. The minimum atomic E-state index is -0.903. The van der Waals surface area contributed by atoms with Gasteiger partial charge in [-0.05, 0) is 25.7 Å². The number of urea groups is 1. The highest BCUT2D eigenvalue weighted by molar-refractivity contribution is 5.89. The molecule has 21 heavy (non-hydrogen) atoms. The Morgan fingerprint density at radius 1 is 1.43 bits per heavy atom. The lowest BCUT2D eigenvalue weighted by Gasteiger charge is -2.28. The number of aliphatic hydroxyl groups excluding tert-OH is 1. The summed E-state index contributed by atoms with van der Waals surface area (Å²) in [6.45, 7) is 1.54. The summed E-state index contributed by atoms with van der Waals surface area (Å²) in [5.74, 6) is -2.09. The van der Waals surface area contributed by atoms with Crippen LogP contribution in [0.2, 0.25) is 0 Å². The van der Waals surface area contributed by atoms with Crippen molar-refractivity contribution < 1.29 is 23.4 Å². The molecule has 1 aromatic rings. The largest absolute Gasteiger partial charge is 0.491 e. The van der Waals surface area contributed by atoms with Gasteiger partial charge in [0.05, 0.1) is 19.3 Å². The van der Waals surface area contributed by atoms with E-state index >= 15 is 0 Å². The van der Waals surface area contributed by atoms with E-state index in [9.17, 15) is 18.7 Å². The fourth-order valence-electron chi connectivity index (χ4n) is 2.24. The molecule has 1 fully saturated rings. The smallest absolute Gasteiger partial charge is 0.319 e. The topological polar surface area (TPSA) is 70.6 Å². The summed E-state index contributed by atoms with van der Waals surface area (Å²) in [7, 11) is 1.16. The van der Waals surface area contributed by atoms with Gasteiger partial charge in [-0.15, -0.1) is 0 Å². The van der Waals surface area contributed by atoms with E-state index < -0.39 is 29.0 Å². The van der Waals surface area contributed by atoms with Gasteiger partial charge in [-0.25, -0.2) is 13.6 Å². The van der Waals surface area contributed by atoms with Crippen LogP contribution in [-0.4, -0.2) is 30.4 Å². The molecular weight excluding hydrogens is 282 g/mol. The van der Waals surface area contributed by atoms with E-state index in [0.29, 0.717) is 0 Å². The van der Waals surface area contributed by atoms with E-state index in [2.05, 4.69) is 15.4 Å². The number of benzene rings is 1. The van der Waals surface area contributed by atoms with Crippen molar-refractivity contribution in [1.82, 2.24) is 5.32 Å². The van der Waals surface area contributed by atoms with Gasteiger partial charge in [0, 0.05) is 17.8 Å². The van der Waals surface area contributed by atoms with Gasteiger partial charge < -0.3 is 20.5 Å². The second-order valence-corrected chi connectivity index (χ2v) is 5.40. The third-order valence-corrected chi connectivity index (χ3v) is 3.67. The lowest BCUT2D eigenvalue weighted by Crippen LogP contribution is -2.52.